The molecule has 0 fully saturated rings. The van der Waals surface area contributed by atoms with E-state index in [-0.39, 0.29) is 24.2 Å². The lowest BCUT2D eigenvalue weighted by atomic mass is 9.67. The minimum atomic E-state index is -0.892. The van der Waals surface area contributed by atoms with Gasteiger partial charge in [0.2, 0.25) is 12.2 Å². The Kier molecular flexibility index (Phi) is 7.74. The SMILES string of the molecule is CC(N=C=O)c1ccc2c(c1)CCc1cc(C(C)N=C=O)ccc1C2(C[C@@H](C)N)c1nc(=O)on1C(C)C. The van der Waals surface area contributed by atoms with Gasteiger partial charge < -0.3 is 10.3 Å². The average Bonchev–Trinajstić information content (AvgIpc) is 3.22. The van der Waals surface area contributed by atoms with Gasteiger partial charge in [0, 0.05) is 6.04 Å². The molecule has 2 aromatic carbocycles. The highest BCUT2D eigenvalue weighted by Crippen LogP contribution is 2.48. The number of aromatic nitrogens is 2. The quantitative estimate of drug-likeness (QED) is 0.350. The Balaban J connectivity index is 2.11. The molecule has 1 aromatic heterocycles. The molecule has 2 unspecified atom stereocenters. The summed E-state index contributed by atoms with van der Waals surface area (Å²) in [5, 5.41) is 0. The van der Waals surface area contributed by atoms with Gasteiger partial charge in [-0.05, 0) is 87.3 Å². The van der Waals surface area contributed by atoms with Gasteiger partial charge in [-0.1, -0.05) is 36.4 Å². The van der Waals surface area contributed by atoms with E-state index in [1.807, 2.05) is 58.9 Å². The molecule has 0 saturated carbocycles. The number of nitrogens with two attached hydrogens (primary N) is 1. The van der Waals surface area contributed by atoms with Gasteiger partial charge in [-0.3, -0.25) is 0 Å². The maximum Gasteiger partial charge on any atom is 0.459 e. The Morgan fingerprint density at radius 1 is 0.947 bits per heavy atom. The van der Waals surface area contributed by atoms with Crippen LogP contribution in [0.15, 0.2) is 55.7 Å². The monoisotopic (exact) mass is 515 g/mol. The van der Waals surface area contributed by atoms with E-state index in [9.17, 15) is 14.4 Å². The van der Waals surface area contributed by atoms with Crippen molar-refractivity contribution in [1.29, 1.82) is 0 Å². The number of hydrogen-bond donors (Lipinski definition) is 1. The van der Waals surface area contributed by atoms with Crippen molar-refractivity contribution in [2.24, 2.45) is 15.7 Å². The van der Waals surface area contributed by atoms with Crippen molar-refractivity contribution in [3.8, 4) is 0 Å². The van der Waals surface area contributed by atoms with Gasteiger partial charge in [0.05, 0.1) is 23.5 Å². The van der Waals surface area contributed by atoms with Crippen LogP contribution in [0.4, 0.5) is 0 Å². The summed E-state index contributed by atoms with van der Waals surface area (Å²) in [4.78, 5) is 46.7. The molecule has 3 aromatic rings. The number of aliphatic imine (C=N–C) groups is 2. The number of aryl methyl sites for hydroxylation is 2. The van der Waals surface area contributed by atoms with Gasteiger partial charge in [0.15, 0.2) is 5.82 Å². The molecule has 198 valence electrons. The van der Waals surface area contributed by atoms with Crippen molar-refractivity contribution < 1.29 is 14.1 Å². The first-order valence-electron chi connectivity index (χ1n) is 12.9. The lowest BCUT2D eigenvalue weighted by molar-refractivity contribution is 0.206. The van der Waals surface area contributed by atoms with E-state index >= 15 is 0 Å². The molecule has 3 atom stereocenters. The summed E-state index contributed by atoms with van der Waals surface area (Å²) >= 11 is 0. The highest BCUT2D eigenvalue weighted by Gasteiger charge is 2.46. The number of isocyanates is 2. The van der Waals surface area contributed by atoms with Gasteiger partial charge in [0.25, 0.3) is 0 Å². The first-order chi connectivity index (χ1) is 18.1. The van der Waals surface area contributed by atoms with Crippen LogP contribution in [-0.4, -0.2) is 27.9 Å². The maximum absolute atomic E-state index is 12.6. The summed E-state index contributed by atoms with van der Waals surface area (Å²) in [5.41, 5.74) is 11.5. The summed E-state index contributed by atoms with van der Waals surface area (Å²) in [6.45, 7) is 9.52. The standard InChI is InChI=1S/C29H33N5O4/c1-17(2)34-27(33-28(37)38-34)29(14-18(3)30)25-10-8-21(19(4)31-15-35)12-23(25)6-7-24-13-22(9-11-26(24)29)20(5)32-16-36/h8-13,17-20H,6-7,14,30H2,1-5H3/t18-,19?,20?,29?/m1/s1. The van der Waals surface area contributed by atoms with Crippen molar-refractivity contribution in [1.82, 2.24) is 9.72 Å². The predicted octanol–water partition coefficient (Wildman–Crippen LogP) is 4.38. The molecular formula is C29H33N5O4. The molecule has 1 aliphatic rings. The van der Waals surface area contributed by atoms with Crippen molar-refractivity contribution in [3.05, 3.63) is 86.2 Å². The van der Waals surface area contributed by atoms with Crippen LogP contribution in [0.3, 0.4) is 0 Å². The first kappa shape index (κ1) is 27.1. The molecule has 9 nitrogen and oxygen atoms in total. The summed E-state index contributed by atoms with van der Waals surface area (Å²) < 4.78 is 7.18. The summed E-state index contributed by atoms with van der Waals surface area (Å²) in [6, 6.07) is 11.0. The van der Waals surface area contributed by atoms with Gasteiger partial charge in [0.1, 0.15) is 0 Å². The Hall–Kier alpha value is -3.90. The largest absolute Gasteiger partial charge is 0.459 e. The molecule has 0 radical (unpaired) electrons. The second-order valence-electron chi connectivity index (χ2n) is 10.4. The van der Waals surface area contributed by atoms with E-state index in [0.717, 1.165) is 33.4 Å². The van der Waals surface area contributed by atoms with Crippen LogP contribution < -0.4 is 11.5 Å². The number of benzene rings is 2. The zero-order valence-electron chi connectivity index (χ0n) is 22.4. The lowest BCUT2D eigenvalue weighted by Crippen LogP contribution is -2.39. The zero-order valence-corrected chi connectivity index (χ0v) is 22.4. The third kappa shape index (κ3) is 4.84. The number of fused-ring (bicyclic) bond motifs is 2. The van der Waals surface area contributed by atoms with E-state index in [1.54, 1.807) is 16.9 Å². The third-order valence-corrected chi connectivity index (χ3v) is 7.36. The summed E-state index contributed by atoms with van der Waals surface area (Å²) in [6.07, 6.45) is 5.17. The molecule has 0 spiro atoms. The molecule has 4 rings (SSSR count). The Morgan fingerprint density at radius 2 is 1.45 bits per heavy atom. The van der Waals surface area contributed by atoms with E-state index in [1.165, 1.54) is 0 Å². The number of hydrogen-bond acceptors (Lipinski definition) is 8. The molecule has 1 aliphatic carbocycles. The molecule has 0 amide bonds. The molecular weight excluding hydrogens is 482 g/mol. The van der Waals surface area contributed by atoms with Crippen LogP contribution in [0.2, 0.25) is 0 Å². The normalized spacial score (nSPS) is 18.8. The predicted molar refractivity (Wildman–Crippen MR) is 143 cm³/mol. The average molecular weight is 516 g/mol. The van der Waals surface area contributed by atoms with Gasteiger partial charge >= 0.3 is 5.76 Å². The van der Waals surface area contributed by atoms with Crippen molar-refractivity contribution >= 4 is 12.2 Å². The minimum Gasteiger partial charge on any atom is -0.328 e. The van der Waals surface area contributed by atoms with Crippen LogP contribution in [0.1, 0.15) is 98.4 Å². The van der Waals surface area contributed by atoms with Crippen LogP contribution in [0.5, 0.6) is 0 Å². The van der Waals surface area contributed by atoms with Crippen molar-refractivity contribution in [3.63, 3.8) is 0 Å². The lowest BCUT2D eigenvalue weighted by Gasteiger charge is -2.37. The maximum atomic E-state index is 12.6. The number of rotatable bonds is 8. The fraction of sp³-hybridized carbons (Fsp3) is 0.448. The Labute approximate surface area is 221 Å². The van der Waals surface area contributed by atoms with Crippen LogP contribution in [0.25, 0.3) is 0 Å². The third-order valence-electron chi connectivity index (χ3n) is 7.36. The van der Waals surface area contributed by atoms with E-state index in [4.69, 9.17) is 10.3 Å². The second kappa shape index (κ2) is 10.8. The topological polar surface area (TPSA) is 133 Å². The first-order valence-corrected chi connectivity index (χ1v) is 12.9. The van der Waals surface area contributed by atoms with Crippen molar-refractivity contribution in [2.45, 2.75) is 83.5 Å². The molecule has 0 aliphatic heterocycles. The molecule has 9 heteroatoms. The summed E-state index contributed by atoms with van der Waals surface area (Å²) in [5.74, 6) is -0.168. The van der Waals surface area contributed by atoms with E-state index in [2.05, 4.69) is 27.1 Å². The molecule has 1 heterocycles. The van der Waals surface area contributed by atoms with Crippen LogP contribution >= 0.6 is 0 Å². The molecule has 0 bridgehead atoms. The zero-order chi connectivity index (χ0) is 27.6. The molecule has 2 N–H and O–H groups in total. The highest BCUT2D eigenvalue weighted by atomic mass is 16.5. The van der Waals surface area contributed by atoms with Crippen LogP contribution in [-0.2, 0) is 27.8 Å². The molecule has 0 saturated heterocycles. The fourth-order valence-corrected chi connectivity index (χ4v) is 5.67. The van der Waals surface area contributed by atoms with E-state index < -0.39 is 11.2 Å². The van der Waals surface area contributed by atoms with Crippen LogP contribution in [0, 0.1) is 0 Å². The van der Waals surface area contributed by atoms with Gasteiger partial charge in [-0.25, -0.2) is 14.4 Å². The number of nitrogens with zero attached hydrogens (tertiary/aromatic N) is 4. The van der Waals surface area contributed by atoms with E-state index in [0.29, 0.717) is 25.1 Å². The van der Waals surface area contributed by atoms with Gasteiger partial charge in [-0.2, -0.15) is 19.7 Å². The smallest absolute Gasteiger partial charge is 0.328 e. The fourth-order valence-electron chi connectivity index (χ4n) is 5.67. The number of carbonyl (C=O) groups excluding carboxylic acids is 2. The molecule has 38 heavy (non-hydrogen) atoms. The highest BCUT2D eigenvalue weighted by molar-refractivity contribution is 5.57. The Bertz CT molecular complexity index is 1410. The van der Waals surface area contributed by atoms with Crippen molar-refractivity contribution in [2.75, 3.05) is 0 Å². The van der Waals surface area contributed by atoms with Gasteiger partial charge in [-0.15, -0.1) is 0 Å². The Morgan fingerprint density at radius 3 is 1.87 bits per heavy atom. The second-order valence-corrected chi connectivity index (χ2v) is 10.4. The summed E-state index contributed by atoms with van der Waals surface area (Å²) in [7, 11) is 0. The minimum absolute atomic E-state index is 0.164.